The van der Waals surface area contributed by atoms with Crippen LogP contribution >= 0.6 is 0 Å². The van der Waals surface area contributed by atoms with Crippen LogP contribution < -0.4 is 9.62 Å². The normalized spacial score (nSPS) is 14.6. The molecule has 0 unspecified atom stereocenters. The van der Waals surface area contributed by atoms with E-state index in [2.05, 4.69) is 24.6 Å². The van der Waals surface area contributed by atoms with Gasteiger partial charge < -0.3 is 9.80 Å². The number of anilines is 2. The van der Waals surface area contributed by atoms with Gasteiger partial charge in [-0.25, -0.2) is 18.4 Å². The largest absolute Gasteiger partial charge is 0.354 e. The average Bonchev–Trinajstić information content (AvgIpc) is 3.07. The number of benzene rings is 1. The topological polar surface area (TPSA) is 108 Å². The molecule has 9 nitrogen and oxygen atoms in total. The fourth-order valence-corrected chi connectivity index (χ4v) is 5.19. The van der Waals surface area contributed by atoms with E-state index in [-0.39, 0.29) is 10.8 Å². The van der Waals surface area contributed by atoms with Crippen molar-refractivity contribution in [3.05, 3.63) is 60.3 Å². The van der Waals surface area contributed by atoms with Crippen LogP contribution in [0.5, 0.6) is 0 Å². The summed E-state index contributed by atoms with van der Waals surface area (Å²) in [6.45, 7) is 7.97. The van der Waals surface area contributed by atoms with Crippen LogP contribution in [0.15, 0.2) is 53.8 Å². The number of carbonyl (C=O) groups excluding carboxylic acids is 1. The fraction of sp³-hybridized carbons (Fsp3) is 0.333. The first-order chi connectivity index (χ1) is 16.3. The zero-order valence-electron chi connectivity index (χ0n) is 19.5. The van der Waals surface area contributed by atoms with Gasteiger partial charge in [-0.2, -0.15) is 0 Å². The van der Waals surface area contributed by atoms with Crippen molar-refractivity contribution in [1.82, 2.24) is 19.9 Å². The van der Waals surface area contributed by atoms with Crippen LogP contribution in [0.3, 0.4) is 0 Å². The molecular weight excluding hydrogens is 452 g/mol. The highest BCUT2D eigenvalue weighted by molar-refractivity contribution is 7.92. The van der Waals surface area contributed by atoms with E-state index in [4.69, 9.17) is 0 Å². The maximum Gasteiger partial charge on any atom is 0.261 e. The standard InChI is InChI=1S/C24H28N6O3S/c1-17-22(28-34(32,33)21-8-5-4-6-9-21)14-20(15-25-17)23-18(2)26-16-27-24(23)30-11-7-10-29(12-13-30)19(3)31/h4-6,8-9,14-16,28H,7,10-13H2,1-3H3. The lowest BCUT2D eigenvalue weighted by Crippen LogP contribution is -2.34. The van der Waals surface area contributed by atoms with Crippen LogP contribution in [0.4, 0.5) is 11.5 Å². The predicted octanol–water partition coefficient (Wildman–Crippen LogP) is 3.01. The summed E-state index contributed by atoms with van der Waals surface area (Å²) in [5.41, 5.74) is 3.24. The minimum atomic E-state index is -3.76. The van der Waals surface area contributed by atoms with Crippen molar-refractivity contribution < 1.29 is 13.2 Å². The summed E-state index contributed by atoms with van der Waals surface area (Å²) in [4.78, 5) is 29.4. The highest BCUT2D eigenvalue weighted by atomic mass is 32.2. The number of hydrogen-bond donors (Lipinski definition) is 1. The number of hydrogen-bond acceptors (Lipinski definition) is 7. The van der Waals surface area contributed by atoms with Gasteiger partial charge in [-0.1, -0.05) is 18.2 Å². The predicted molar refractivity (Wildman–Crippen MR) is 131 cm³/mol. The van der Waals surface area contributed by atoms with E-state index >= 15 is 0 Å². The van der Waals surface area contributed by atoms with Gasteiger partial charge in [-0.05, 0) is 38.5 Å². The second-order valence-corrected chi connectivity index (χ2v) is 9.96. The third kappa shape index (κ3) is 5.01. The molecule has 0 spiro atoms. The molecule has 1 fully saturated rings. The number of carbonyl (C=O) groups is 1. The molecular formula is C24H28N6O3S. The maximum absolute atomic E-state index is 12.9. The van der Waals surface area contributed by atoms with E-state index in [1.807, 2.05) is 11.8 Å². The lowest BCUT2D eigenvalue weighted by atomic mass is 10.0. The van der Waals surface area contributed by atoms with Gasteiger partial charge >= 0.3 is 0 Å². The molecule has 2 aromatic heterocycles. The second kappa shape index (κ2) is 9.76. The third-order valence-corrected chi connectivity index (χ3v) is 7.31. The van der Waals surface area contributed by atoms with Crippen molar-refractivity contribution in [2.24, 2.45) is 0 Å². The number of amides is 1. The van der Waals surface area contributed by atoms with Gasteiger partial charge in [0, 0.05) is 50.4 Å². The summed E-state index contributed by atoms with van der Waals surface area (Å²) < 4.78 is 28.5. The van der Waals surface area contributed by atoms with Crippen LogP contribution in [-0.4, -0.2) is 60.4 Å². The smallest absolute Gasteiger partial charge is 0.261 e. The van der Waals surface area contributed by atoms with Crippen LogP contribution in [0, 0.1) is 13.8 Å². The molecule has 10 heteroatoms. The number of nitrogens with zero attached hydrogens (tertiary/aromatic N) is 5. The Labute approximate surface area is 199 Å². The van der Waals surface area contributed by atoms with Gasteiger partial charge in [0.2, 0.25) is 5.91 Å². The summed E-state index contributed by atoms with van der Waals surface area (Å²) >= 11 is 0. The Balaban J connectivity index is 1.70. The van der Waals surface area contributed by atoms with Crippen LogP contribution in [0.25, 0.3) is 11.1 Å². The SMILES string of the molecule is CC(=O)N1CCCN(c2ncnc(C)c2-c2cnc(C)c(NS(=O)(=O)c3ccccc3)c2)CC1. The molecule has 0 aliphatic carbocycles. The molecule has 1 saturated heterocycles. The Morgan fingerprint density at radius 1 is 0.971 bits per heavy atom. The van der Waals surface area contributed by atoms with Crippen molar-refractivity contribution in [3.8, 4) is 11.1 Å². The highest BCUT2D eigenvalue weighted by Gasteiger charge is 2.23. The van der Waals surface area contributed by atoms with Crippen molar-refractivity contribution in [3.63, 3.8) is 0 Å². The molecule has 1 N–H and O–H groups in total. The second-order valence-electron chi connectivity index (χ2n) is 8.28. The maximum atomic E-state index is 12.9. The summed E-state index contributed by atoms with van der Waals surface area (Å²) in [6.07, 6.45) is 4.07. The first-order valence-electron chi connectivity index (χ1n) is 11.1. The molecule has 0 bridgehead atoms. The summed E-state index contributed by atoms with van der Waals surface area (Å²) in [5.74, 6) is 0.819. The minimum Gasteiger partial charge on any atom is -0.354 e. The third-order valence-electron chi connectivity index (χ3n) is 5.93. The van der Waals surface area contributed by atoms with Crippen molar-refractivity contribution in [2.75, 3.05) is 35.8 Å². The van der Waals surface area contributed by atoms with E-state index in [0.29, 0.717) is 31.0 Å². The summed E-state index contributed by atoms with van der Waals surface area (Å²) in [7, 11) is -3.76. The first-order valence-corrected chi connectivity index (χ1v) is 12.6. The number of sulfonamides is 1. The van der Waals surface area contributed by atoms with E-state index < -0.39 is 10.0 Å². The quantitative estimate of drug-likeness (QED) is 0.598. The molecule has 1 amide bonds. The Hall–Kier alpha value is -3.53. The summed E-state index contributed by atoms with van der Waals surface area (Å²) in [5, 5.41) is 0. The average molecular weight is 481 g/mol. The lowest BCUT2D eigenvalue weighted by molar-refractivity contribution is -0.128. The van der Waals surface area contributed by atoms with Crippen LogP contribution in [0.1, 0.15) is 24.7 Å². The van der Waals surface area contributed by atoms with Crippen molar-refractivity contribution in [1.29, 1.82) is 0 Å². The number of pyridine rings is 1. The van der Waals surface area contributed by atoms with Crippen LogP contribution in [-0.2, 0) is 14.8 Å². The molecule has 0 radical (unpaired) electrons. The first kappa shape index (κ1) is 23.6. The number of aromatic nitrogens is 3. The van der Waals surface area contributed by atoms with Gasteiger partial charge in [0.25, 0.3) is 10.0 Å². The van der Waals surface area contributed by atoms with Crippen molar-refractivity contribution >= 4 is 27.4 Å². The number of rotatable bonds is 5. The molecule has 0 saturated carbocycles. The zero-order valence-corrected chi connectivity index (χ0v) is 20.3. The molecule has 1 aliphatic rings. The van der Waals surface area contributed by atoms with Crippen LogP contribution in [0.2, 0.25) is 0 Å². The van der Waals surface area contributed by atoms with Crippen molar-refractivity contribution in [2.45, 2.75) is 32.1 Å². The van der Waals surface area contributed by atoms with E-state index in [1.165, 1.54) is 6.33 Å². The Morgan fingerprint density at radius 2 is 1.74 bits per heavy atom. The van der Waals surface area contributed by atoms with Gasteiger partial charge in [0.15, 0.2) is 0 Å². The molecule has 0 atom stereocenters. The molecule has 3 heterocycles. The van der Waals surface area contributed by atoms with Gasteiger partial charge in [0.1, 0.15) is 12.1 Å². The number of aryl methyl sites for hydroxylation is 2. The van der Waals surface area contributed by atoms with Gasteiger partial charge in [-0.15, -0.1) is 0 Å². The molecule has 3 aromatic rings. The lowest BCUT2D eigenvalue weighted by Gasteiger charge is -2.25. The number of nitrogens with one attached hydrogen (secondary N) is 1. The van der Waals surface area contributed by atoms with Gasteiger partial charge in [0.05, 0.1) is 22.0 Å². The fourth-order valence-electron chi connectivity index (χ4n) is 4.06. The Morgan fingerprint density at radius 3 is 2.47 bits per heavy atom. The van der Waals surface area contributed by atoms with E-state index in [1.54, 1.807) is 56.4 Å². The van der Waals surface area contributed by atoms with E-state index in [0.717, 1.165) is 35.6 Å². The van der Waals surface area contributed by atoms with E-state index in [9.17, 15) is 13.2 Å². The minimum absolute atomic E-state index is 0.0685. The molecule has 178 valence electrons. The molecule has 4 rings (SSSR count). The molecule has 1 aromatic carbocycles. The Kier molecular flexibility index (Phi) is 6.78. The Bertz CT molecular complexity index is 1300. The zero-order chi connectivity index (χ0) is 24.3. The molecule has 34 heavy (non-hydrogen) atoms. The summed E-state index contributed by atoms with van der Waals surface area (Å²) in [6, 6.07) is 10.0. The molecule has 1 aliphatic heterocycles. The van der Waals surface area contributed by atoms with Gasteiger partial charge in [-0.3, -0.25) is 14.5 Å². The highest BCUT2D eigenvalue weighted by Crippen LogP contribution is 2.33. The monoisotopic (exact) mass is 480 g/mol.